The molecular formula is C20H19N3O3S. The van der Waals surface area contributed by atoms with Gasteiger partial charge < -0.3 is 10.6 Å². The van der Waals surface area contributed by atoms with Crippen LogP contribution in [0, 0.1) is 0 Å². The molecule has 0 aliphatic carbocycles. The summed E-state index contributed by atoms with van der Waals surface area (Å²) in [6.45, 7) is 0.0702. The van der Waals surface area contributed by atoms with Gasteiger partial charge >= 0.3 is 0 Å². The van der Waals surface area contributed by atoms with Crippen molar-refractivity contribution in [2.75, 3.05) is 17.2 Å². The monoisotopic (exact) mass is 381 g/mol. The molecule has 3 rings (SSSR count). The second-order valence-corrected chi connectivity index (χ2v) is 7.44. The maximum Gasteiger partial charge on any atom is 0.243 e. The van der Waals surface area contributed by atoms with Gasteiger partial charge in [-0.15, -0.1) is 0 Å². The van der Waals surface area contributed by atoms with E-state index >= 15 is 0 Å². The molecule has 1 amide bonds. The molecule has 7 heteroatoms. The maximum atomic E-state index is 12.2. The smallest absolute Gasteiger partial charge is 0.243 e. The molecule has 0 spiro atoms. The number of nitrogens with one attached hydrogen (secondary N) is 2. The molecule has 0 aliphatic heterocycles. The van der Waals surface area contributed by atoms with E-state index in [-0.39, 0.29) is 17.3 Å². The lowest BCUT2D eigenvalue weighted by molar-refractivity contribution is -0.114. The summed E-state index contributed by atoms with van der Waals surface area (Å²) < 4.78 is 22.5. The Balaban J connectivity index is 1.65. The second-order valence-electron chi connectivity index (χ2n) is 5.88. The van der Waals surface area contributed by atoms with Gasteiger partial charge in [-0.05, 0) is 35.9 Å². The lowest BCUT2D eigenvalue weighted by Crippen LogP contribution is -2.22. The fraction of sp³-hybridized carbons (Fsp3) is 0.0500. The number of amides is 1. The highest BCUT2D eigenvalue weighted by Gasteiger charge is 2.09. The molecule has 0 aromatic heterocycles. The van der Waals surface area contributed by atoms with Crippen LogP contribution in [0.25, 0.3) is 11.1 Å². The summed E-state index contributed by atoms with van der Waals surface area (Å²) in [5.74, 6) is -0.249. The van der Waals surface area contributed by atoms with E-state index in [1.54, 1.807) is 0 Å². The first kappa shape index (κ1) is 18.6. The van der Waals surface area contributed by atoms with Crippen molar-refractivity contribution in [3.8, 4) is 11.1 Å². The van der Waals surface area contributed by atoms with Gasteiger partial charge in [0.25, 0.3) is 0 Å². The predicted molar refractivity (Wildman–Crippen MR) is 107 cm³/mol. The number of carbonyl (C=O) groups is 1. The average molecular weight is 381 g/mol. The lowest BCUT2D eigenvalue weighted by Gasteiger charge is -2.12. The Morgan fingerprint density at radius 3 is 2.15 bits per heavy atom. The molecule has 0 radical (unpaired) electrons. The lowest BCUT2D eigenvalue weighted by atomic mass is 10.0. The van der Waals surface area contributed by atoms with Crippen molar-refractivity contribution in [3.05, 3.63) is 78.9 Å². The van der Waals surface area contributed by atoms with Gasteiger partial charge in [-0.2, -0.15) is 0 Å². The number of sulfonamides is 1. The van der Waals surface area contributed by atoms with Crippen LogP contribution in [0.1, 0.15) is 0 Å². The van der Waals surface area contributed by atoms with Crippen LogP contribution < -0.4 is 15.8 Å². The van der Waals surface area contributed by atoms with Crippen LogP contribution in [0.2, 0.25) is 0 Å². The van der Waals surface area contributed by atoms with Crippen LogP contribution in [-0.2, 0) is 14.8 Å². The highest BCUT2D eigenvalue weighted by Crippen LogP contribution is 2.27. The van der Waals surface area contributed by atoms with E-state index in [1.807, 2.05) is 54.6 Å². The Kier molecular flexibility index (Phi) is 5.54. The standard InChI is InChI=1S/C20H19N3O3S/c21-27(25,26)17-12-10-16(11-13-17)23-20(24)14-22-19-9-5-4-8-18(19)15-6-2-1-3-7-15/h1-13,22H,14H2,(H,23,24)(H2,21,25,26). The summed E-state index contributed by atoms with van der Waals surface area (Å²) in [4.78, 5) is 12.2. The first-order chi connectivity index (χ1) is 12.9. The Hall–Kier alpha value is -3.16. The molecule has 0 fully saturated rings. The maximum absolute atomic E-state index is 12.2. The number of hydrogen-bond acceptors (Lipinski definition) is 4. The van der Waals surface area contributed by atoms with Crippen molar-refractivity contribution in [3.63, 3.8) is 0 Å². The molecule has 27 heavy (non-hydrogen) atoms. The van der Waals surface area contributed by atoms with Gasteiger partial charge in [0.2, 0.25) is 15.9 Å². The van der Waals surface area contributed by atoms with Gasteiger partial charge in [0, 0.05) is 16.9 Å². The topological polar surface area (TPSA) is 101 Å². The SMILES string of the molecule is NS(=O)(=O)c1ccc(NC(=O)CNc2ccccc2-c2ccccc2)cc1. The third-order valence-corrected chi connectivity index (χ3v) is 4.85. The van der Waals surface area contributed by atoms with Crippen molar-refractivity contribution >= 4 is 27.3 Å². The van der Waals surface area contributed by atoms with E-state index < -0.39 is 10.0 Å². The zero-order chi connectivity index (χ0) is 19.3. The molecule has 4 N–H and O–H groups in total. The number of nitrogens with two attached hydrogens (primary N) is 1. The molecule has 3 aromatic rings. The molecule has 0 bridgehead atoms. The van der Waals surface area contributed by atoms with Crippen molar-refractivity contribution in [2.24, 2.45) is 5.14 Å². The fourth-order valence-electron chi connectivity index (χ4n) is 2.62. The van der Waals surface area contributed by atoms with E-state index in [9.17, 15) is 13.2 Å². The number of hydrogen-bond donors (Lipinski definition) is 3. The van der Waals surface area contributed by atoms with Crippen LogP contribution in [0.15, 0.2) is 83.8 Å². The van der Waals surface area contributed by atoms with Crippen LogP contribution in [0.4, 0.5) is 11.4 Å². The number of para-hydroxylation sites is 1. The summed E-state index contributed by atoms with van der Waals surface area (Å²) in [5.41, 5.74) is 3.40. The number of rotatable bonds is 6. The van der Waals surface area contributed by atoms with E-state index in [0.717, 1.165) is 16.8 Å². The third kappa shape index (κ3) is 4.93. The van der Waals surface area contributed by atoms with Crippen molar-refractivity contribution in [1.29, 1.82) is 0 Å². The molecule has 0 heterocycles. The highest BCUT2D eigenvalue weighted by molar-refractivity contribution is 7.89. The van der Waals surface area contributed by atoms with E-state index in [1.165, 1.54) is 24.3 Å². The third-order valence-electron chi connectivity index (χ3n) is 3.92. The Labute approximate surface area is 158 Å². The predicted octanol–water partition coefficient (Wildman–Crippen LogP) is 3.05. The molecule has 0 saturated carbocycles. The minimum atomic E-state index is -3.75. The van der Waals surface area contributed by atoms with Crippen LogP contribution in [0.5, 0.6) is 0 Å². The highest BCUT2D eigenvalue weighted by atomic mass is 32.2. The van der Waals surface area contributed by atoms with Crippen molar-refractivity contribution in [1.82, 2.24) is 0 Å². The summed E-state index contributed by atoms with van der Waals surface area (Å²) in [6, 6.07) is 23.3. The van der Waals surface area contributed by atoms with Gasteiger partial charge in [-0.3, -0.25) is 4.79 Å². The molecule has 138 valence electrons. The minimum absolute atomic E-state index is 0.00425. The first-order valence-electron chi connectivity index (χ1n) is 8.24. The largest absolute Gasteiger partial charge is 0.376 e. The quantitative estimate of drug-likeness (QED) is 0.611. The van der Waals surface area contributed by atoms with Gasteiger partial charge in [0.15, 0.2) is 0 Å². The van der Waals surface area contributed by atoms with Crippen molar-refractivity contribution in [2.45, 2.75) is 4.90 Å². The normalized spacial score (nSPS) is 11.0. The molecule has 3 aromatic carbocycles. The zero-order valence-electron chi connectivity index (χ0n) is 14.4. The second kappa shape index (κ2) is 8.03. The number of anilines is 2. The fourth-order valence-corrected chi connectivity index (χ4v) is 3.13. The summed E-state index contributed by atoms with van der Waals surface area (Å²) in [6.07, 6.45) is 0. The molecular weight excluding hydrogens is 362 g/mol. The average Bonchev–Trinajstić information content (AvgIpc) is 2.67. The summed E-state index contributed by atoms with van der Waals surface area (Å²) in [5, 5.41) is 10.9. The number of benzene rings is 3. The zero-order valence-corrected chi connectivity index (χ0v) is 15.2. The Bertz CT molecular complexity index is 1030. The summed E-state index contributed by atoms with van der Waals surface area (Å²) in [7, 11) is -3.75. The molecule has 0 atom stereocenters. The van der Waals surface area contributed by atoms with Crippen LogP contribution in [-0.4, -0.2) is 20.9 Å². The van der Waals surface area contributed by atoms with E-state index in [0.29, 0.717) is 5.69 Å². The van der Waals surface area contributed by atoms with Crippen LogP contribution in [0.3, 0.4) is 0 Å². The van der Waals surface area contributed by atoms with Gasteiger partial charge in [-0.25, -0.2) is 13.6 Å². The number of primary sulfonamides is 1. The van der Waals surface area contributed by atoms with Crippen molar-refractivity contribution < 1.29 is 13.2 Å². The molecule has 0 unspecified atom stereocenters. The summed E-state index contributed by atoms with van der Waals surface area (Å²) >= 11 is 0. The van der Waals surface area contributed by atoms with Gasteiger partial charge in [0.1, 0.15) is 0 Å². The van der Waals surface area contributed by atoms with Gasteiger partial charge in [-0.1, -0.05) is 48.5 Å². The number of carbonyl (C=O) groups excluding carboxylic acids is 1. The van der Waals surface area contributed by atoms with Crippen LogP contribution >= 0.6 is 0 Å². The van der Waals surface area contributed by atoms with Gasteiger partial charge in [0.05, 0.1) is 11.4 Å². The first-order valence-corrected chi connectivity index (χ1v) is 9.79. The molecule has 0 aliphatic rings. The Morgan fingerprint density at radius 2 is 1.48 bits per heavy atom. The van der Waals surface area contributed by atoms with E-state index in [4.69, 9.17) is 5.14 Å². The molecule has 6 nitrogen and oxygen atoms in total. The Morgan fingerprint density at radius 1 is 0.852 bits per heavy atom. The minimum Gasteiger partial charge on any atom is -0.376 e. The van der Waals surface area contributed by atoms with E-state index in [2.05, 4.69) is 10.6 Å². The molecule has 0 saturated heterocycles.